The van der Waals surface area contributed by atoms with E-state index in [1.807, 2.05) is 39.0 Å². The highest BCUT2D eigenvalue weighted by Gasteiger charge is 2.12. The van der Waals surface area contributed by atoms with Gasteiger partial charge in [0.2, 0.25) is 0 Å². The fraction of sp³-hybridized carbons (Fsp3) is 0.182. The molecule has 3 aromatic rings. The Kier molecular flexibility index (Phi) is 5.49. The number of hydrogen-bond acceptors (Lipinski definition) is 5. The van der Waals surface area contributed by atoms with Gasteiger partial charge in [-0.2, -0.15) is 0 Å². The van der Waals surface area contributed by atoms with Crippen LogP contribution in [0.3, 0.4) is 0 Å². The molecular formula is C22H22N4O2. The molecule has 6 heteroatoms. The lowest BCUT2D eigenvalue weighted by Crippen LogP contribution is -2.16. The molecule has 28 heavy (non-hydrogen) atoms. The number of carbonyl (C=O) groups is 2. The van der Waals surface area contributed by atoms with Gasteiger partial charge in [0, 0.05) is 16.9 Å². The van der Waals surface area contributed by atoms with E-state index in [1.54, 1.807) is 18.2 Å². The zero-order valence-electron chi connectivity index (χ0n) is 16.3. The topological polar surface area (TPSA) is 84.0 Å². The van der Waals surface area contributed by atoms with E-state index in [9.17, 15) is 9.59 Å². The fourth-order valence-corrected chi connectivity index (χ4v) is 3.03. The maximum absolute atomic E-state index is 12.5. The number of aromatic nitrogens is 2. The molecule has 0 spiro atoms. The molecule has 0 radical (unpaired) electrons. The number of nitrogens with one attached hydrogen (secondary N) is 2. The number of carbonyl (C=O) groups excluding carboxylic acids is 2. The van der Waals surface area contributed by atoms with E-state index in [1.165, 1.54) is 19.3 Å². The number of hydrogen-bond donors (Lipinski definition) is 2. The highest BCUT2D eigenvalue weighted by atomic mass is 16.2. The van der Waals surface area contributed by atoms with Crippen LogP contribution in [-0.4, -0.2) is 21.7 Å². The maximum atomic E-state index is 12.5. The van der Waals surface area contributed by atoms with E-state index >= 15 is 0 Å². The van der Waals surface area contributed by atoms with Crippen LogP contribution in [-0.2, 0) is 0 Å². The Hall–Kier alpha value is -3.54. The molecule has 2 aromatic carbocycles. The minimum Gasteiger partial charge on any atom is -0.339 e. The minimum atomic E-state index is -0.312. The molecule has 0 saturated carbocycles. The summed E-state index contributed by atoms with van der Waals surface area (Å²) in [5.41, 5.74) is 5.51. The molecule has 3 rings (SSSR count). The van der Waals surface area contributed by atoms with Crippen molar-refractivity contribution in [1.82, 2.24) is 9.97 Å². The third kappa shape index (κ3) is 4.40. The van der Waals surface area contributed by atoms with E-state index in [2.05, 4.69) is 20.6 Å². The van der Waals surface area contributed by atoms with Gasteiger partial charge in [0.1, 0.15) is 11.5 Å². The highest BCUT2D eigenvalue weighted by molar-refractivity contribution is 6.03. The molecule has 0 saturated heterocycles. The molecule has 1 amide bonds. The predicted molar refractivity (Wildman–Crippen MR) is 110 cm³/mol. The summed E-state index contributed by atoms with van der Waals surface area (Å²) in [6.07, 6.45) is 2.91. The summed E-state index contributed by atoms with van der Waals surface area (Å²) in [7, 11) is 0. The first-order chi connectivity index (χ1) is 13.3. The Balaban J connectivity index is 1.73. The predicted octanol–water partition coefficient (Wildman–Crippen LogP) is 4.60. The minimum absolute atomic E-state index is 0.0107. The summed E-state index contributed by atoms with van der Waals surface area (Å²) in [6, 6.07) is 11.2. The van der Waals surface area contributed by atoms with Crippen molar-refractivity contribution in [2.45, 2.75) is 27.7 Å². The van der Waals surface area contributed by atoms with E-state index in [4.69, 9.17) is 0 Å². The number of anilines is 3. The molecule has 0 atom stereocenters. The van der Waals surface area contributed by atoms with Crippen LogP contribution in [0.2, 0.25) is 0 Å². The third-order valence-corrected chi connectivity index (χ3v) is 4.34. The van der Waals surface area contributed by atoms with Crippen LogP contribution in [0.5, 0.6) is 0 Å². The normalized spacial score (nSPS) is 10.4. The molecule has 6 nitrogen and oxygen atoms in total. The van der Waals surface area contributed by atoms with Crippen molar-refractivity contribution in [1.29, 1.82) is 0 Å². The van der Waals surface area contributed by atoms with Gasteiger partial charge in [0.25, 0.3) is 5.91 Å². The second kappa shape index (κ2) is 8.00. The van der Waals surface area contributed by atoms with Crippen LogP contribution in [0.1, 0.15) is 44.5 Å². The first-order valence-electron chi connectivity index (χ1n) is 8.93. The molecule has 2 N–H and O–H groups in total. The number of Topliss-reactive ketones (excluding diaryl/α,β-unsaturated/α-hetero) is 1. The molecular weight excluding hydrogens is 352 g/mol. The number of ketones is 1. The Morgan fingerprint density at radius 3 is 2.25 bits per heavy atom. The van der Waals surface area contributed by atoms with Crippen LogP contribution in [0.4, 0.5) is 17.2 Å². The van der Waals surface area contributed by atoms with Gasteiger partial charge in [-0.3, -0.25) is 9.59 Å². The van der Waals surface area contributed by atoms with Crippen molar-refractivity contribution >= 4 is 28.9 Å². The molecule has 0 bridgehead atoms. The zero-order chi connectivity index (χ0) is 20.3. The quantitative estimate of drug-likeness (QED) is 0.638. The van der Waals surface area contributed by atoms with Crippen LogP contribution in [0.15, 0.2) is 48.8 Å². The van der Waals surface area contributed by atoms with Gasteiger partial charge in [-0.05, 0) is 51.0 Å². The molecule has 0 unspecified atom stereocenters. The Labute approximate surface area is 164 Å². The SMILES string of the molecule is CC(=O)c1cccc(Nc2cnc(C(=O)Nc3c(C)cc(C)cc3C)cn2)c1. The average molecular weight is 374 g/mol. The number of rotatable bonds is 5. The van der Waals surface area contributed by atoms with Gasteiger partial charge >= 0.3 is 0 Å². The van der Waals surface area contributed by atoms with Crippen LogP contribution in [0, 0.1) is 20.8 Å². The number of nitrogens with zero attached hydrogens (tertiary/aromatic N) is 2. The second-order valence-corrected chi connectivity index (χ2v) is 6.78. The summed E-state index contributed by atoms with van der Waals surface area (Å²) in [5.74, 6) is 0.163. The number of aryl methyl sites for hydroxylation is 3. The summed E-state index contributed by atoms with van der Waals surface area (Å²) >= 11 is 0. The first-order valence-corrected chi connectivity index (χ1v) is 8.93. The Morgan fingerprint density at radius 2 is 1.64 bits per heavy atom. The summed E-state index contributed by atoms with van der Waals surface area (Å²) in [6.45, 7) is 7.46. The molecule has 0 aliphatic carbocycles. The lowest BCUT2D eigenvalue weighted by atomic mass is 10.1. The molecule has 0 aliphatic heterocycles. The van der Waals surface area contributed by atoms with E-state index in [-0.39, 0.29) is 17.4 Å². The molecule has 0 aliphatic rings. The number of amides is 1. The Morgan fingerprint density at radius 1 is 0.929 bits per heavy atom. The lowest BCUT2D eigenvalue weighted by molar-refractivity contribution is 0.101. The monoisotopic (exact) mass is 374 g/mol. The van der Waals surface area contributed by atoms with Crippen LogP contribution in [0.25, 0.3) is 0 Å². The standard InChI is InChI=1S/C22H22N4O2/c1-13-8-14(2)21(15(3)9-13)26-22(28)19-11-24-20(12-23-19)25-18-7-5-6-17(10-18)16(4)27/h5-12H,1-4H3,(H,24,25)(H,26,28). The van der Waals surface area contributed by atoms with Crippen molar-refractivity contribution < 1.29 is 9.59 Å². The number of benzene rings is 2. The molecule has 1 aromatic heterocycles. The first kappa shape index (κ1) is 19.2. The van der Waals surface area contributed by atoms with Gasteiger partial charge in [-0.15, -0.1) is 0 Å². The molecule has 0 fully saturated rings. The lowest BCUT2D eigenvalue weighted by Gasteiger charge is -2.12. The molecule has 142 valence electrons. The van der Waals surface area contributed by atoms with E-state index in [0.29, 0.717) is 11.4 Å². The summed E-state index contributed by atoms with van der Waals surface area (Å²) in [4.78, 5) is 32.5. The summed E-state index contributed by atoms with van der Waals surface area (Å²) in [5, 5.41) is 5.99. The highest BCUT2D eigenvalue weighted by Crippen LogP contribution is 2.22. The second-order valence-electron chi connectivity index (χ2n) is 6.78. The van der Waals surface area contributed by atoms with Crippen molar-refractivity contribution in [3.63, 3.8) is 0 Å². The average Bonchev–Trinajstić information content (AvgIpc) is 2.65. The largest absolute Gasteiger partial charge is 0.339 e. The van der Waals surface area contributed by atoms with Gasteiger partial charge < -0.3 is 10.6 Å². The van der Waals surface area contributed by atoms with Crippen molar-refractivity contribution in [3.8, 4) is 0 Å². The van der Waals surface area contributed by atoms with Gasteiger partial charge in [-0.1, -0.05) is 29.8 Å². The van der Waals surface area contributed by atoms with Crippen molar-refractivity contribution in [2.75, 3.05) is 10.6 Å². The smallest absolute Gasteiger partial charge is 0.275 e. The van der Waals surface area contributed by atoms with E-state index < -0.39 is 0 Å². The zero-order valence-corrected chi connectivity index (χ0v) is 16.3. The van der Waals surface area contributed by atoms with Gasteiger partial charge in [0.15, 0.2) is 5.78 Å². The maximum Gasteiger partial charge on any atom is 0.275 e. The van der Waals surface area contributed by atoms with E-state index in [0.717, 1.165) is 28.1 Å². The van der Waals surface area contributed by atoms with Crippen LogP contribution >= 0.6 is 0 Å². The fourth-order valence-electron chi connectivity index (χ4n) is 3.03. The third-order valence-electron chi connectivity index (χ3n) is 4.34. The van der Waals surface area contributed by atoms with Gasteiger partial charge in [0.05, 0.1) is 12.4 Å². The Bertz CT molecular complexity index is 1020. The molecule has 1 heterocycles. The van der Waals surface area contributed by atoms with Gasteiger partial charge in [-0.25, -0.2) is 9.97 Å². The van der Waals surface area contributed by atoms with Crippen LogP contribution < -0.4 is 10.6 Å². The van der Waals surface area contributed by atoms with Crippen molar-refractivity contribution in [2.24, 2.45) is 0 Å². The van der Waals surface area contributed by atoms with Crippen molar-refractivity contribution in [3.05, 3.63) is 76.7 Å². The summed E-state index contributed by atoms with van der Waals surface area (Å²) < 4.78 is 0.